The van der Waals surface area contributed by atoms with Crippen molar-refractivity contribution in [2.24, 2.45) is 5.92 Å². The summed E-state index contributed by atoms with van der Waals surface area (Å²) in [6.07, 6.45) is 11.2. The summed E-state index contributed by atoms with van der Waals surface area (Å²) in [5.74, 6) is 3.13. The van der Waals surface area contributed by atoms with Crippen LogP contribution in [0.4, 0.5) is 31.4 Å². The second-order valence-electron chi connectivity index (χ2n) is 32.2. The molecular weight excluding hydrogens is 1520 g/mol. The molecule has 5 aromatic rings. The third-order valence-corrected chi connectivity index (χ3v) is 30.4. The summed E-state index contributed by atoms with van der Waals surface area (Å²) in [5.41, 5.74) is 8.25. The number of nitrogens with one attached hydrogen (secondary N) is 3. The van der Waals surface area contributed by atoms with Gasteiger partial charge in [-0.3, -0.25) is 28.8 Å². The number of para-hydroxylation sites is 3. The number of hydrogen-bond donors (Lipinski definition) is 3. The summed E-state index contributed by atoms with van der Waals surface area (Å²) in [6, 6.07) is 44.2. The summed E-state index contributed by atoms with van der Waals surface area (Å²) >= 11 is 6.93. The maximum absolute atomic E-state index is 13.6. The van der Waals surface area contributed by atoms with Crippen LogP contribution in [0.2, 0.25) is 0 Å². The van der Waals surface area contributed by atoms with E-state index in [0.717, 1.165) is 166 Å². The second-order valence-corrected chi connectivity index (χ2v) is 37.6. The minimum atomic E-state index is -0.392. The lowest BCUT2D eigenvalue weighted by Gasteiger charge is -2.41. The Balaban J connectivity index is 0.000000170. The number of benzene rings is 5. The van der Waals surface area contributed by atoms with Crippen LogP contribution in [0.15, 0.2) is 133 Å². The number of urea groups is 3. The van der Waals surface area contributed by atoms with Crippen LogP contribution in [0.3, 0.4) is 0 Å². The van der Waals surface area contributed by atoms with E-state index in [1.165, 1.54) is 0 Å². The lowest BCUT2D eigenvalue weighted by molar-refractivity contribution is -0.138. The van der Waals surface area contributed by atoms with E-state index >= 15 is 0 Å². The normalized spacial score (nSPS) is 24.1. The topological polar surface area (TPSA) is 231 Å². The van der Waals surface area contributed by atoms with Crippen LogP contribution >= 0.6 is 47.0 Å². The number of piperidine rings is 3. The van der Waals surface area contributed by atoms with Gasteiger partial charge in [-0.2, -0.15) is 11.8 Å². The molecule has 0 bridgehead atoms. The highest BCUT2D eigenvalue weighted by molar-refractivity contribution is 8.03. The molecule has 8 fully saturated rings. The summed E-state index contributed by atoms with van der Waals surface area (Å²) in [6.45, 7) is 19.8. The Morgan fingerprint density at radius 1 is 0.509 bits per heavy atom. The van der Waals surface area contributed by atoms with Crippen LogP contribution < -0.4 is 16.0 Å². The highest BCUT2D eigenvalue weighted by Crippen LogP contribution is 2.52. The van der Waals surface area contributed by atoms with E-state index in [1.807, 2.05) is 148 Å². The number of ether oxygens (including phenoxy) is 1. The van der Waals surface area contributed by atoms with Crippen molar-refractivity contribution in [3.63, 3.8) is 0 Å². The van der Waals surface area contributed by atoms with Gasteiger partial charge in [0.25, 0.3) is 0 Å². The predicted molar refractivity (Wildman–Crippen MR) is 460 cm³/mol. The summed E-state index contributed by atoms with van der Waals surface area (Å²) < 4.78 is 5.84. The fourth-order valence-electron chi connectivity index (χ4n) is 18.0. The van der Waals surface area contributed by atoms with Crippen molar-refractivity contribution in [2.75, 3.05) is 119 Å². The molecule has 114 heavy (non-hydrogen) atoms. The zero-order valence-corrected chi connectivity index (χ0v) is 69.8. The largest absolute Gasteiger partial charge is 0.376 e. The molecular formula is C87H119N13O10S4. The van der Waals surface area contributed by atoms with Gasteiger partial charge in [0.1, 0.15) is 10.7 Å². The SMILES string of the molecule is CC(C)CCN1C(=O)[C@H](CC(=O)N2CCC(N3Cc4ccccc4NC3=O)CC2)SC12CCSCC2.CCN(CC)CCN1C(=O)C(CC(=O)N2CCC(N3Cc4ccccc4NC3=O)CC2)SC1c1ccccc1.O=C(CC1SC(c2ccccc2)N(CC2CCCO2)C1=O)N1CCC(N2CCc3ccccc3NC2=O)CC1.[HH].[HH].[HH]. The highest BCUT2D eigenvalue weighted by atomic mass is 32.2. The number of anilines is 3. The maximum Gasteiger partial charge on any atom is 0.322 e. The number of hydrogen-bond acceptors (Lipinski definition) is 15. The monoisotopic (exact) mass is 1630 g/mol. The molecule has 0 radical (unpaired) electrons. The van der Waals surface area contributed by atoms with Crippen LogP contribution in [0.5, 0.6) is 0 Å². The zero-order chi connectivity index (χ0) is 79.4. The number of fused-ring (bicyclic) bond motifs is 3. The first-order chi connectivity index (χ1) is 55.4. The van der Waals surface area contributed by atoms with Gasteiger partial charge in [-0.25, -0.2) is 14.4 Å². The number of carbonyl (C=O) groups excluding carboxylic acids is 9. The second kappa shape index (κ2) is 38.4. The van der Waals surface area contributed by atoms with Crippen LogP contribution in [-0.2, 0) is 53.0 Å². The third kappa shape index (κ3) is 19.5. The first-order valence-electron chi connectivity index (χ1n) is 41.6. The van der Waals surface area contributed by atoms with Gasteiger partial charge in [0.05, 0.1) is 26.7 Å². The first kappa shape index (κ1) is 82.6. The lowest BCUT2D eigenvalue weighted by atomic mass is 10.0. The number of nitrogens with zero attached hydrogens (tertiary/aromatic N) is 10. The van der Waals surface area contributed by atoms with Crippen molar-refractivity contribution in [1.29, 1.82) is 0 Å². The van der Waals surface area contributed by atoms with E-state index in [4.69, 9.17) is 4.74 Å². The van der Waals surface area contributed by atoms with E-state index in [9.17, 15) is 43.2 Å². The van der Waals surface area contributed by atoms with Crippen molar-refractivity contribution in [3.8, 4) is 0 Å². The summed E-state index contributed by atoms with van der Waals surface area (Å²) in [7, 11) is 0. The molecule has 8 saturated heterocycles. The van der Waals surface area contributed by atoms with Gasteiger partial charge in [-0.05, 0) is 154 Å². The molecule has 11 heterocycles. The Hall–Kier alpha value is -7.95. The van der Waals surface area contributed by atoms with Gasteiger partial charge in [0.15, 0.2) is 0 Å². The van der Waals surface area contributed by atoms with E-state index in [0.29, 0.717) is 84.3 Å². The summed E-state index contributed by atoms with van der Waals surface area (Å²) in [5, 5.41) is 7.85. The zero-order valence-electron chi connectivity index (χ0n) is 66.5. The van der Waals surface area contributed by atoms with Crippen LogP contribution in [0.25, 0.3) is 0 Å². The van der Waals surface area contributed by atoms with Crippen molar-refractivity contribution in [1.82, 2.24) is 49.0 Å². The van der Waals surface area contributed by atoms with Crippen molar-refractivity contribution < 1.29 is 52.2 Å². The molecule has 3 N–H and O–H groups in total. The molecule has 6 atom stereocenters. The van der Waals surface area contributed by atoms with Crippen molar-refractivity contribution >= 4 is 118 Å². The van der Waals surface area contributed by atoms with Crippen molar-refractivity contribution in [3.05, 3.63) is 161 Å². The number of amides is 12. The molecule has 0 aliphatic carbocycles. The van der Waals surface area contributed by atoms with Crippen LogP contribution in [0, 0.1) is 5.92 Å². The molecule has 11 aliphatic rings. The smallest absolute Gasteiger partial charge is 0.322 e. The standard InChI is InChI=1S/C30H39N5O3S.C30H36N4O4S.C27H38N4O3S2.3H2/c1-3-32(4-2)18-19-34-28(37)26(39-29(34)22-10-6-5-7-11-22)20-27(36)33-16-14-24(15-17-33)35-21-23-12-8-9-13-25(23)31-30(35)38;35-27(32-15-13-23(14-16-32)33-17-12-21-7-4-5-11-25(21)31-30(33)37)19-26-28(36)34(20-24-10-6-18-38-24)29(39-26)22-8-2-1-3-9-22;1-19(2)7-14-31-25(33)23(36-27(31)10-15-35-16-11-27)17-24(32)29-12-8-21(9-13-29)30-18-20-5-3-4-6-22(20)28-26(30)34;;;/h5-13,24,26,29H,3-4,14-21H2,1-2H3,(H,31,38);1-5,7-9,11,23-24,26,29H,6,10,12-20H2,(H,31,37);3-6,19,21,23H,7-18H2,1-2H3,(H,28,34);3*1H/t;;23-;;;/m..0.../s1. The molecule has 1 spiro atoms. The molecule has 5 unspecified atom stereocenters. The van der Waals surface area contributed by atoms with Crippen LogP contribution in [0.1, 0.15) is 160 Å². The van der Waals surface area contributed by atoms with Gasteiger partial charge in [0, 0.05) is 150 Å². The number of rotatable bonds is 21. The molecule has 5 aromatic carbocycles. The number of carbonyl (C=O) groups is 9. The number of likely N-dealkylation sites (tertiary alicyclic amines) is 3. The Morgan fingerprint density at radius 3 is 1.41 bits per heavy atom. The Labute approximate surface area is 693 Å². The Bertz CT molecular complexity index is 4210. The highest BCUT2D eigenvalue weighted by Gasteiger charge is 2.53. The molecule has 27 heteroatoms. The molecule has 616 valence electrons. The quantitative estimate of drug-likeness (QED) is 0.0620. The van der Waals surface area contributed by atoms with E-state index in [2.05, 4.69) is 89.8 Å². The fourth-order valence-corrected chi connectivity index (χ4v) is 24.1. The number of thioether (sulfide) groups is 4. The van der Waals surface area contributed by atoms with E-state index < -0.39 is 5.25 Å². The first-order valence-corrected chi connectivity index (χ1v) is 45.6. The molecule has 11 aliphatic heterocycles. The van der Waals surface area contributed by atoms with Gasteiger partial charge < -0.3 is 69.7 Å². The fraction of sp³-hybridized carbons (Fsp3) is 0.552. The average Bonchev–Trinajstić information content (AvgIpc) is 1.63. The van der Waals surface area contributed by atoms with E-state index in [1.54, 1.807) is 35.3 Å². The molecule has 23 nitrogen and oxygen atoms in total. The average molecular weight is 1640 g/mol. The minimum absolute atomic E-state index is 0. The lowest BCUT2D eigenvalue weighted by Crippen LogP contribution is -2.51. The van der Waals surface area contributed by atoms with Crippen molar-refractivity contribution in [2.45, 2.75) is 193 Å². The molecule has 16 rings (SSSR count). The predicted octanol–water partition coefficient (Wildman–Crippen LogP) is 14.0. The molecule has 0 aromatic heterocycles. The Morgan fingerprint density at radius 2 is 0.939 bits per heavy atom. The molecule has 0 saturated carbocycles. The molecule has 12 amide bonds. The van der Waals surface area contributed by atoms with E-state index in [-0.39, 0.29) is 121 Å². The van der Waals surface area contributed by atoms with Gasteiger partial charge in [-0.1, -0.05) is 143 Å². The summed E-state index contributed by atoms with van der Waals surface area (Å²) in [4.78, 5) is 139. The Kier molecular flexibility index (Phi) is 27.8. The third-order valence-electron chi connectivity index (χ3n) is 24.7. The van der Waals surface area contributed by atoms with Crippen LogP contribution in [-0.4, -0.2) is 251 Å². The van der Waals surface area contributed by atoms with Gasteiger partial charge in [-0.15, -0.1) is 35.3 Å². The van der Waals surface area contributed by atoms with Gasteiger partial charge in [0.2, 0.25) is 35.4 Å². The number of likely N-dealkylation sites (N-methyl/N-ethyl adjacent to an activating group) is 1. The maximum atomic E-state index is 13.6. The van der Waals surface area contributed by atoms with Gasteiger partial charge >= 0.3 is 18.1 Å². The minimum Gasteiger partial charge on any atom is -0.376 e.